The van der Waals surface area contributed by atoms with Crippen molar-refractivity contribution in [3.63, 3.8) is 0 Å². The smallest absolute Gasteiger partial charge is 0.233 e. The molecule has 1 aromatic carbocycles. The van der Waals surface area contributed by atoms with E-state index in [4.69, 9.17) is 5.73 Å². The maximum absolute atomic E-state index is 5.81. The fourth-order valence-corrected chi connectivity index (χ4v) is 2.83. The van der Waals surface area contributed by atoms with Gasteiger partial charge in [0.05, 0.1) is 5.69 Å². The van der Waals surface area contributed by atoms with Crippen molar-refractivity contribution in [2.24, 2.45) is 0 Å². The number of aryl methyl sites for hydroxylation is 1. The van der Waals surface area contributed by atoms with E-state index in [1.54, 1.807) is 18.0 Å². The van der Waals surface area contributed by atoms with Crippen LogP contribution < -0.4 is 5.73 Å². The zero-order valence-electron chi connectivity index (χ0n) is 10.6. The van der Waals surface area contributed by atoms with Crippen molar-refractivity contribution >= 4 is 23.2 Å². The van der Waals surface area contributed by atoms with Crippen LogP contribution in [0.5, 0.6) is 0 Å². The van der Waals surface area contributed by atoms with Gasteiger partial charge in [-0.15, -0.1) is 11.8 Å². The van der Waals surface area contributed by atoms with Gasteiger partial charge in [-0.3, -0.25) is 4.40 Å². The van der Waals surface area contributed by atoms with Gasteiger partial charge in [0.15, 0.2) is 0 Å². The molecule has 0 amide bonds. The molecule has 2 heterocycles. The summed E-state index contributed by atoms with van der Waals surface area (Å²) in [6.07, 6.45) is 5.72. The summed E-state index contributed by atoms with van der Waals surface area (Å²) in [5.74, 6) is 1.55. The molecule has 19 heavy (non-hydrogen) atoms. The molecule has 0 atom stereocenters. The predicted molar refractivity (Wildman–Crippen MR) is 78.1 cm³/mol. The Kier molecular flexibility index (Phi) is 3.13. The van der Waals surface area contributed by atoms with Crippen LogP contribution in [0.15, 0.2) is 47.8 Å². The van der Waals surface area contributed by atoms with Crippen molar-refractivity contribution in [3.8, 4) is 0 Å². The molecule has 0 radical (unpaired) electrons. The lowest BCUT2D eigenvalue weighted by Crippen LogP contribution is -1.88. The first-order valence-electron chi connectivity index (χ1n) is 6.00. The standard InChI is InChI=1S/C14H14N4S/c1-10-3-4-11(15)7-13(10)19-9-12-8-18-6-2-5-16-14(18)17-12/h2-8H,9,15H2,1H3. The van der Waals surface area contributed by atoms with E-state index in [2.05, 4.69) is 16.9 Å². The third-order valence-corrected chi connectivity index (χ3v) is 4.06. The first-order chi connectivity index (χ1) is 9.22. The van der Waals surface area contributed by atoms with Crippen molar-refractivity contribution in [3.05, 3.63) is 54.1 Å². The van der Waals surface area contributed by atoms with Crippen LogP contribution in [0.3, 0.4) is 0 Å². The van der Waals surface area contributed by atoms with Crippen molar-refractivity contribution in [1.82, 2.24) is 14.4 Å². The maximum atomic E-state index is 5.81. The molecule has 0 fully saturated rings. The van der Waals surface area contributed by atoms with Gasteiger partial charge in [0.1, 0.15) is 0 Å². The quantitative estimate of drug-likeness (QED) is 0.587. The average Bonchev–Trinajstić information content (AvgIpc) is 2.82. The van der Waals surface area contributed by atoms with Crippen molar-refractivity contribution in [1.29, 1.82) is 0 Å². The van der Waals surface area contributed by atoms with Gasteiger partial charge in [0, 0.05) is 34.9 Å². The number of nitrogens with zero attached hydrogens (tertiary/aromatic N) is 3. The van der Waals surface area contributed by atoms with Crippen LogP contribution >= 0.6 is 11.8 Å². The number of anilines is 1. The number of aromatic nitrogens is 3. The van der Waals surface area contributed by atoms with Crippen LogP contribution in [0.4, 0.5) is 5.69 Å². The summed E-state index contributed by atoms with van der Waals surface area (Å²) in [6, 6.07) is 7.87. The van der Waals surface area contributed by atoms with E-state index in [1.807, 2.05) is 41.1 Å². The first kappa shape index (κ1) is 12.0. The number of nitrogen functional groups attached to an aromatic ring is 1. The Labute approximate surface area is 115 Å². The third-order valence-electron chi connectivity index (χ3n) is 2.87. The lowest BCUT2D eigenvalue weighted by atomic mass is 10.2. The van der Waals surface area contributed by atoms with Crippen LogP contribution in [0.2, 0.25) is 0 Å². The lowest BCUT2D eigenvalue weighted by molar-refractivity contribution is 1.11. The molecule has 0 bridgehead atoms. The summed E-state index contributed by atoms with van der Waals surface area (Å²) in [5.41, 5.74) is 8.87. The van der Waals surface area contributed by atoms with Gasteiger partial charge in [-0.25, -0.2) is 9.97 Å². The molecular formula is C14H14N4S. The largest absolute Gasteiger partial charge is 0.399 e. The van der Waals surface area contributed by atoms with Crippen LogP contribution in [0.25, 0.3) is 5.78 Å². The topological polar surface area (TPSA) is 56.2 Å². The second-order valence-corrected chi connectivity index (χ2v) is 5.39. The first-order valence-corrected chi connectivity index (χ1v) is 6.98. The van der Waals surface area contributed by atoms with E-state index in [0.717, 1.165) is 22.9 Å². The Balaban J connectivity index is 1.80. The normalized spacial score (nSPS) is 11.0. The number of hydrogen-bond acceptors (Lipinski definition) is 4. The molecule has 3 rings (SSSR count). The Hall–Kier alpha value is -2.01. The van der Waals surface area contributed by atoms with Crippen LogP contribution in [0.1, 0.15) is 11.3 Å². The van der Waals surface area contributed by atoms with E-state index in [0.29, 0.717) is 0 Å². The maximum Gasteiger partial charge on any atom is 0.233 e. The van der Waals surface area contributed by atoms with E-state index >= 15 is 0 Å². The monoisotopic (exact) mass is 270 g/mol. The third kappa shape index (κ3) is 2.56. The summed E-state index contributed by atoms with van der Waals surface area (Å²) in [7, 11) is 0. The van der Waals surface area contributed by atoms with E-state index < -0.39 is 0 Å². The molecular weight excluding hydrogens is 256 g/mol. The fraction of sp³-hybridized carbons (Fsp3) is 0.143. The average molecular weight is 270 g/mol. The number of nitrogens with two attached hydrogens (primary N) is 1. The fourth-order valence-electron chi connectivity index (χ4n) is 1.87. The van der Waals surface area contributed by atoms with Crippen LogP contribution in [-0.2, 0) is 5.75 Å². The summed E-state index contributed by atoms with van der Waals surface area (Å²) in [4.78, 5) is 9.89. The molecule has 2 aromatic heterocycles. The minimum atomic E-state index is 0.738. The number of hydrogen-bond donors (Lipinski definition) is 1. The molecule has 5 heteroatoms. The minimum absolute atomic E-state index is 0.738. The molecule has 0 saturated carbocycles. The molecule has 0 aliphatic heterocycles. The molecule has 0 saturated heterocycles. The SMILES string of the molecule is Cc1ccc(N)cc1SCc1cn2cccnc2n1. The van der Waals surface area contributed by atoms with Gasteiger partial charge in [-0.05, 0) is 30.7 Å². The zero-order chi connectivity index (χ0) is 13.2. The lowest BCUT2D eigenvalue weighted by Gasteiger charge is -2.05. The molecule has 0 aliphatic carbocycles. The van der Waals surface area contributed by atoms with Gasteiger partial charge in [-0.1, -0.05) is 6.07 Å². The Morgan fingerprint density at radius 1 is 1.37 bits per heavy atom. The Bertz CT molecular complexity index is 687. The highest BCUT2D eigenvalue weighted by molar-refractivity contribution is 7.98. The summed E-state index contributed by atoms with van der Waals surface area (Å²) in [5, 5.41) is 0. The highest BCUT2D eigenvalue weighted by atomic mass is 32.2. The number of thioether (sulfide) groups is 1. The molecule has 3 aromatic rings. The zero-order valence-corrected chi connectivity index (χ0v) is 11.4. The van der Waals surface area contributed by atoms with Crippen LogP contribution in [0, 0.1) is 6.92 Å². The molecule has 2 N–H and O–H groups in total. The molecule has 0 unspecified atom stereocenters. The highest BCUT2D eigenvalue weighted by Crippen LogP contribution is 2.27. The number of rotatable bonds is 3. The van der Waals surface area contributed by atoms with Crippen molar-refractivity contribution < 1.29 is 0 Å². The Morgan fingerprint density at radius 2 is 2.26 bits per heavy atom. The summed E-state index contributed by atoms with van der Waals surface area (Å²) < 4.78 is 1.93. The van der Waals surface area contributed by atoms with Gasteiger partial charge < -0.3 is 5.73 Å². The van der Waals surface area contributed by atoms with Crippen molar-refractivity contribution in [2.45, 2.75) is 17.6 Å². The van der Waals surface area contributed by atoms with Gasteiger partial charge >= 0.3 is 0 Å². The van der Waals surface area contributed by atoms with E-state index in [-0.39, 0.29) is 0 Å². The minimum Gasteiger partial charge on any atom is -0.399 e. The molecule has 0 spiro atoms. The highest BCUT2D eigenvalue weighted by Gasteiger charge is 2.05. The number of imidazole rings is 1. The van der Waals surface area contributed by atoms with Gasteiger partial charge in [0.2, 0.25) is 5.78 Å². The second kappa shape index (κ2) is 4.93. The molecule has 0 aliphatic rings. The molecule has 96 valence electrons. The number of fused-ring (bicyclic) bond motifs is 1. The second-order valence-electron chi connectivity index (χ2n) is 4.37. The number of benzene rings is 1. The Morgan fingerprint density at radius 3 is 3.11 bits per heavy atom. The summed E-state index contributed by atoms with van der Waals surface area (Å²) in [6.45, 7) is 2.09. The van der Waals surface area contributed by atoms with Gasteiger partial charge in [-0.2, -0.15) is 0 Å². The van der Waals surface area contributed by atoms with E-state index in [1.165, 1.54) is 10.5 Å². The van der Waals surface area contributed by atoms with E-state index in [9.17, 15) is 0 Å². The summed E-state index contributed by atoms with van der Waals surface area (Å²) >= 11 is 1.75. The van der Waals surface area contributed by atoms with Crippen molar-refractivity contribution in [2.75, 3.05) is 5.73 Å². The van der Waals surface area contributed by atoms with Crippen LogP contribution in [-0.4, -0.2) is 14.4 Å². The predicted octanol–water partition coefficient (Wildman–Crippen LogP) is 2.91. The molecule has 4 nitrogen and oxygen atoms in total. The van der Waals surface area contributed by atoms with Gasteiger partial charge in [0.25, 0.3) is 0 Å².